The maximum atomic E-state index is 12.6. The smallest absolute Gasteiger partial charge is 0.254 e. The summed E-state index contributed by atoms with van der Waals surface area (Å²) >= 11 is 0. The van der Waals surface area contributed by atoms with Gasteiger partial charge >= 0.3 is 0 Å². The lowest BCUT2D eigenvalue weighted by Crippen LogP contribution is -2.40. The van der Waals surface area contributed by atoms with Gasteiger partial charge in [-0.25, -0.2) is 8.78 Å². The molecule has 2 fully saturated rings. The standard InChI is InChI=1S/C9H15F2N/c10-8(11)7-9(5-6-12-7)3-1-2-4-9/h7-8,12H,1-6H2. The van der Waals surface area contributed by atoms with E-state index in [0.29, 0.717) is 0 Å². The van der Waals surface area contributed by atoms with E-state index in [2.05, 4.69) is 5.32 Å². The highest BCUT2D eigenvalue weighted by Gasteiger charge is 2.48. The van der Waals surface area contributed by atoms with Crippen LogP contribution in [-0.4, -0.2) is 19.0 Å². The molecule has 2 rings (SSSR count). The van der Waals surface area contributed by atoms with Crippen molar-refractivity contribution in [2.24, 2.45) is 5.41 Å². The van der Waals surface area contributed by atoms with Crippen molar-refractivity contribution in [1.82, 2.24) is 5.32 Å². The molecule has 1 saturated heterocycles. The van der Waals surface area contributed by atoms with Crippen molar-refractivity contribution in [3.05, 3.63) is 0 Å². The summed E-state index contributed by atoms with van der Waals surface area (Å²) in [6.07, 6.45) is 3.09. The molecule has 0 aromatic heterocycles. The Hall–Kier alpha value is -0.180. The minimum atomic E-state index is -2.18. The zero-order chi connectivity index (χ0) is 8.60. The van der Waals surface area contributed by atoms with Gasteiger partial charge in [-0.3, -0.25) is 0 Å². The van der Waals surface area contributed by atoms with Crippen LogP contribution in [0.4, 0.5) is 8.78 Å². The van der Waals surface area contributed by atoms with Gasteiger partial charge in [0.25, 0.3) is 6.43 Å². The maximum absolute atomic E-state index is 12.6. The molecule has 1 atom stereocenters. The van der Waals surface area contributed by atoms with Crippen molar-refractivity contribution in [2.45, 2.75) is 44.6 Å². The van der Waals surface area contributed by atoms with Crippen LogP contribution in [0, 0.1) is 5.41 Å². The molecule has 1 aliphatic carbocycles. The summed E-state index contributed by atoms with van der Waals surface area (Å²) in [6.45, 7) is 0.787. The molecule has 0 aromatic rings. The molecule has 0 radical (unpaired) electrons. The van der Waals surface area contributed by atoms with Crippen molar-refractivity contribution in [2.75, 3.05) is 6.54 Å². The summed E-state index contributed by atoms with van der Waals surface area (Å²) in [4.78, 5) is 0. The van der Waals surface area contributed by atoms with Crippen LogP contribution in [-0.2, 0) is 0 Å². The van der Waals surface area contributed by atoms with E-state index in [9.17, 15) is 8.78 Å². The molecule has 1 nitrogen and oxygen atoms in total. The SMILES string of the molecule is FC(F)C1NCCC12CCCC2. The molecule has 1 N–H and O–H groups in total. The first-order valence-corrected chi connectivity index (χ1v) is 4.76. The molecular formula is C9H15F2N. The Morgan fingerprint density at radius 1 is 1.17 bits per heavy atom. The van der Waals surface area contributed by atoms with Gasteiger partial charge in [-0.15, -0.1) is 0 Å². The number of rotatable bonds is 1. The molecule has 1 spiro atoms. The zero-order valence-electron chi connectivity index (χ0n) is 7.15. The summed E-state index contributed by atoms with van der Waals surface area (Å²) in [5, 5.41) is 2.94. The van der Waals surface area contributed by atoms with E-state index in [0.717, 1.165) is 38.6 Å². The first kappa shape index (κ1) is 8.42. The fourth-order valence-electron chi connectivity index (χ4n) is 2.85. The van der Waals surface area contributed by atoms with Crippen LogP contribution in [0.15, 0.2) is 0 Å². The second-order valence-corrected chi connectivity index (χ2v) is 4.09. The molecule has 0 aromatic carbocycles. The van der Waals surface area contributed by atoms with Crippen molar-refractivity contribution in [1.29, 1.82) is 0 Å². The molecule has 70 valence electrons. The van der Waals surface area contributed by atoms with Gasteiger partial charge in [0.15, 0.2) is 0 Å². The highest BCUT2D eigenvalue weighted by Crippen LogP contribution is 2.47. The lowest BCUT2D eigenvalue weighted by Gasteiger charge is -2.29. The minimum absolute atomic E-state index is 0.0336. The highest BCUT2D eigenvalue weighted by atomic mass is 19.3. The van der Waals surface area contributed by atoms with Crippen molar-refractivity contribution >= 4 is 0 Å². The van der Waals surface area contributed by atoms with E-state index >= 15 is 0 Å². The van der Waals surface area contributed by atoms with Gasteiger partial charge in [0.05, 0.1) is 6.04 Å². The Bertz CT molecular complexity index is 158. The molecular weight excluding hydrogens is 160 g/mol. The normalized spacial score (nSPS) is 33.8. The van der Waals surface area contributed by atoms with Gasteiger partial charge in [-0.05, 0) is 31.2 Å². The fourth-order valence-corrected chi connectivity index (χ4v) is 2.85. The average Bonchev–Trinajstić information content (AvgIpc) is 2.61. The molecule has 0 bridgehead atoms. The summed E-state index contributed by atoms with van der Waals surface area (Å²) in [6, 6.07) is -0.514. The minimum Gasteiger partial charge on any atom is -0.308 e. The number of hydrogen-bond acceptors (Lipinski definition) is 1. The molecule has 2 aliphatic rings. The predicted molar refractivity (Wildman–Crippen MR) is 43.3 cm³/mol. The van der Waals surface area contributed by atoms with Crippen LogP contribution in [0.2, 0.25) is 0 Å². The quantitative estimate of drug-likeness (QED) is 0.644. The molecule has 1 saturated carbocycles. The molecule has 1 heterocycles. The van der Waals surface area contributed by atoms with Crippen LogP contribution in [0.1, 0.15) is 32.1 Å². The Labute approximate surface area is 71.5 Å². The van der Waals surface area contributed by atoms with Crippen LogP contribution >= 0.6 is 0 Å². The van der Waals surface area contributed by atoms with Crippen LogP contribution in [0.25, 0.3) is 0 Å². The van der Waals surface area contributed by atoms with Crippen molar-refractivity contribution in [3.63, 3.8) is 0 Å². The average molecular weight is 175 g/mol. The predicted octanol–water partition coefficient (Wildman–Crippen LogP) is 2.17. The summed E-state index contributed by atoms with van der Waals surface area (Å²) in [5.41, 5.74) is -0.0336. The topological polar surface area (TPSA) is 12.0 Å². The third-order valence-corrected chi connectivity index (χ3v) is 3.50. The lowest BCUT2D eigenvalue weighted by molar-refractivity contribution is 0.0499. The second kappa shape index (κ2) is 2.95. The summed E-state index contributed by atoms with van der Waals surface area (Å²) in [7, 11) is 0. The third-order valence-electron chi connectivity index (χ3n) is 3.50. The number of nitrogens with one attached hydrogen (secondary N) is 1. The Balaban J connectivity index is 2.12. The lowest BCUT2D eigenvalue weighted by atomic mass is 9.79. The van der Waals surface area contributed by atoms with Crippen molar-refractivity contribution in [3.8, 4) is 0 Å². The van der Waals surface area contributed by atoms with E-state index in [-0.39, 0.29) is 5.41 Å². The molecule has 1 aliphatic heterocycles. The largest absolute Gasteiger partial charge is 0.308 e. The number of alkyl halides is 2. The van der Waals surface area contributed by atoms with Gasteiger partial charge in [-0.2, -0.15) is 0 Å². The van der Waals surface area contributed by atoms with E-state index in [1.165, 1.54) is 0 Å². The Kier molecular flexibility index (Phi) is 2.07. The zero-order valence-corrected chi connectivity index (χ0v) is 7.15. The van der Waals surface area contributed by atoms with Crippen LogP contribution < -0.4 is 5.32 Å². The van der Waals surface area contributed by atoms with Crippen LogP contribution in [0.5, 0.6) is 0 Å². The molecule has 1 unspecified atom stereocenters. The molecule has 3 heteroatoms. The fraction of sp³-hybridized carbons (Fsp3) is 1.00. The third kappa shape index (κ3) is 1.15. The van der Waals surface area contributed by atoms with E-state index in [4.69, 9.17) is 0 Å². The van der Waals surface area contributed by atoms with Gasteiger partial charge in [-0.1, -0.05) is 12.8 Å². The first-order valence-electron chi connectivity index (χ1n) is 4.76. The maximum Gasteiger partial charge on any atom is 0.254 e. The van der Waals surface area contributed by atoms with Gasteiger partial charge < -0.3 is 5.32 Å². The highest BCUT2D eigenvalue weighted by molar-refractivity contribution is 5.00. The van der Waals surface area contributed by atoms with Gasteiger partial charge in [0.2, 0.25) is 0 Å². The molecule has 0 amide bonds. The Morgan fingerprint density at radius 2 is 1.83 bits per heavy atom. The Morgan fingerprint density at radius 3 is 2.42 bits per heavy atom. The summed E-state index contributed by atoms with van der Waals surface area (Å²) in [5.74, 6) is 0. The van der Waals surface area contributed by atoms with Gasteiger partial charge in [0, 0.05) is 0 Å². The monoisotopic (exact) mass is 175 g/mol. The molecule has 12 heavy (non-hydrogen) atoms. The van der Waals surface area contributed by atoms with E-state index in [1.54, 1.807) is 0 Å². The second-order valence-electron chi connectivity index (χ2n) is 4.09. The van der Waals surface area contributed by atoms with Crippen LogP contribution in [0.3, 0.4) is 0 Å². The van der Waals surface area contributed by atoms with Crippen molar-refractivity contribution < 1.29 is 8.78 Å². The van der Waals surface area contributed by atoms with E-state index < -0.39 is 12.5 Å². The first-order chi connectivity index (χ1) is 5.75. The summed E-state index contributed by atoms with van der Waals surface area (Å²) < 4.78 is 25.1. The van der Waals surface area contributed by atoms with Gasteiger partial charge in [0.1, 0.15) is 0 Å². The number of hydrogen-bond donors (Lipinski definition) is 1. The van der Waals surface area contributed by atoms with E-state index in [1.807, 2.05) is 0 Å². The number of halogens is 2.